The van der Waals surface area contributed by atoms with Gasteiger partial charge in [0, 0.05) is 4.88 Å². The number of hydrogen-bond donors (Lipinski definition) is 0. The summed E-state index contributed by atoms with van der Waals surface area (Å²) < 4.78 is 1.73. The molecule has 0 fully saturated rings. The number of rotatable bonds is 4. The number of aromatic nitrogens is 2. The maximum absolute atomic E-state index is 13.7. The van der Waals surface area contributed by atoms with E-state index in [1.807, 2.05) is 32.0 Å². The molecule has 0 spiro atoms. The molecule has 0 unspecified atom stereocenters. The van der Waals surface area contributed by atoms with Crippen molar-refractivity contribution in [3.8, 4) is 5.69 Å². The normalized spacial score (nSPS) is 16.4. The van der Waals surface area contributed by atoms with Crippen molar-refractivity contribution in [2.75, 3.05) is 5.75 Å². The standard InChI is InChI=1S/C22H24N2O2S2/c1-12-5-7-14(3)17(9-12)24-21(26)19-16-8-6-13(2)10-18(16)28-20(19)23-22(24)27-11-15(4)25/h5,7,9,13H,6,8,10-11H2,1-4H3/t13-/m1/s1. The van der Waals surface area contributed by atoms with Crippen LogP contribution in [0.5, 0.6) is 0 Å². The van der Waals surface area contributed by atoms with E-state index < -0.39 is 0 Å². The number of aryl methyl sites for hydroxylation is 3. The predicted molar refractivity (Wildman–Crippen MR) is 117 cm³/mol. The molecule has 0 bridgehead atoms. The minimum atomic E-state index is -0.00296. The van der Waals surface area contributed by atoms with Crippen molar-refractivity contribution in [3.63, 3.8) is 0 Å². The second-order valence-corrected chi connectivity index (χ2v) is 9.87. The molecule has 3 aromatic rings. The van der Waals surface area contributed by atoms with E-state index in [9.17, 15) is 9.59 Å². The maximum atomic E-state index is 13.7. The van der Waals surface area contributed by atoms with E-state index in [0.717, 1.165) is 46.3 Å². The zero-order valence-corrected chi connectivity index (χ0v) is 18.3. The SMILES string of the molecule is CC(=O)CSc1nc2sc3c(c2c(=O)n1-c1cc(C)ccc1C)CC[C@@H](C)C3. The minimum absolute atomic E-state index is 0.00296. The molecular weight excluding hydrogens is 388 g/mol. The van der Waals surface area contributed by atoms with Gasteiger partial charge in [-0.3, -0.25) is 14.2 Å². The van der Waals surface area contributed by atoms with Gasteiger partial charge in [-0.15, -0.1) is 11.3 Å². The van der Waals surface area contributed by atoms with Crippen LogP contribution in [0.25, 0.3) is 15.9 Å². The predicted octanol–water partition coefficient (Wildman–Crippen LogP) is 4.87. The number of carbonyl (C=O) groups excluding carboxylic acids is 1. The molecule has 6 heteroatoms. The number of fused-ring (bicyclic) bond motifs is 3. The maximum Gasteiger partial charge on any atom is 0.267 e. The van der Waals surface area contributed by atoms with Gasteiger partial charge in [-0.05, 0) is 68.7 Å². The van der Waals surface area contributed by atoms with Crippen LogP contribution in [0, 0.1) is 19.8 Å². The highest BCUT2D eigenvalue weighted by Gasteiger charge is 2.25. The number of carbonyl (C=O) groups is 1. The van der Waals surface area contributed by atoms with Crippen LogP contribution in [0.4, 0.5) is 0 Å². The molecule has 1 aromatic carbocycles. The summed E-state index contributed by atoms with van der Waals surface area (Å²) in [5, 5.41) is 1.38. The zero-order valence-electron chi connectivity index (χ0n) is 16.7. The summed E-state index contributed by atoms with van der Waals surface area (Å²) in [6.45, 7) is 7.87. The zero-order chi connectivity index (χ0) is 20.0. The third kappa shape index (κ3) is 3.44. The first-order chi connectivity index (χ1) is 13.3. The molecule has 28 heavy (non-hydrogen) atoms. The van der Waals surface area contributed by atoms with Crippen LogP contribution in [-0.4, -0.2) is 21.1 Å². The van der Waals surface area contributed by atoms with Gasteiger partial charge in [-0.1, -0.05) is 30.8 Å². The largest absolute Gasteiger partial charge is 0.299 e. The summed E-state index contributed by atoms with van der Waals surface area (Å²) in [7, 11) is 0. The summed E-state index contributed by atoms with van der Waals surface area (Å²) in [6, 6.07) is 6.11. The van der Waals surface area contributed by atoms with Gasteiger partial charge in [0.1, 0.15) is 10.6 Å². The van der Waals surface area contributed by atoms with E-state index in [1.54, 1.807) is 22.8 Å². The Morgan fingerprint density at radius 2 is 2.14 bits per heavy atom. The number of ketones is 1. The third-order valence-electron chi connectivity index (χ3n) is 5.31. The number of Topliss-reactive ketones (excluding diaryl/α,β-unsaturated/α-hetero) is 1. The first-order valence-corrected chi connectivity index (χ1v) is 11.4. The van der Waals surface area contributed by atoms with E-state index in [-0.39, 0.29) is 11.3 Å². The Bertz CT molecular complexity index is 1140. The van der Waals surface area contributed by atoms with Gasteiger partial charge in [0.2, 0.25) is 0 Å². The Labute approximate surface area is 173 Å². The highest BCUT2D eigenvalue weighted by molar-refractivity contribution is 7.99. The molecule has 2 heterocycles. The van der Waals surface area contributed by atoms with E-state index in [1.165, 1.54) is 22.2 Å². The fraction of sp³-hybridized carbons (Fsp3) is 0.409. The summed E-state index contributed by atoms with van der Waals surface area (Å²) in [5.74, 6) is 1.03. The van der Waals surface area contributed by atoms with Crippen LogP contribution in [0.15, 0.2) is 28.2 Å². The molecule has 1 aliphatic rings. The number of benzene rings is 1. The number of nitrogens with zero attached hydrogens (tertiary/aromatic N) is 2. The quantitative estimate of drug-likeness (QED) is 0.453. The molecule has 0 saturated carbocycles. The van der Waals surface area contributed by atoms with Crippen LogP contribution in [-0.2, 0) is 17.6 Å². The van der Waals surface area contributed by atoms with E-state index in [4.69, 9.17) is 4.98 Å². The first kappa shape index (κ1) is 19.4. The van der Waals surface area contributed by atoms with E-state index >= 15 is 0 Å². The van der Waals surface area contributed by atoms with Crippen LogP contribution in [0.3, 0.4) is 0 Å². The number of thioether (sulfide) groups is 1. The van der Waals surface area contributed by atoms with Gasteiger partial charge in [0.05, 0.1) is 16.8 Å². The molecule has 0 amide bonds. The van der Waals surface area contributed by atoms with Crippen molar-refractivity contribution < 1.29 is 4.79 Å². The second-order valence-electron chi connectivity index (χ2n) is 7.85. The van der Waals surface area contributed by atoms with Crippen LogP contribution >= 0.6 is 23.1 Å². The van der Waals surface area contributed by atoms with Crippen LogP contribution < -0.4 is 5.56 Å². The highest BCUT2D eigenvalue weighted by Crippen LogP contribution is 2.37. The summed E-state index contributed by atoms with van der Waals surface area (Å²) in [5.41, 5.74) is 4.16. The van der Waals surface area contributed by atoms with Gasteiger partial charge in [-0.2, -0.15) is 0 Å². The Morgan fingerprint density at radius 1 is 1.36 bits per heavy atom. The fourth-order valence-electron chi connectivity index (χ4n) is 3.81. The van der Waals surface area contributed by atoms with Crippen LogP contribution in [0.1, 0.15) is 41.8 Å². The first-order valence-electron chi connectivity index (χ1n) is 9.62. The molecule has 0 N–H and O–H groups in total. The van der Waals surface area contributed by atoms with Crippen molar-refractivity contribution in [2.24, 2.45) is 5.92 Å². The molecule has 0 aliphatic heterocycles. The summed E-state index contributed by atoms with van der Waals surface area (Å²) >= 11 is 3.00. The Morgan fingerprint density at radius 3 is 2.89 bits per heavy atom. The highest BCUT2D eigenvalue weighted by atomic mass is 32.2. The Hall–Kier alpha value is -1.92. The molecule has 1 aliphatic carbocycles. The molecular formula is C22H24N2O2S2. The van der Waals surface area contributed by atoms with E-state index in [0.29, 0.717) is 16.8 Å². The van der Waals surface area contributed by atoms with Gasteiger partial charge >= 0.3 is 0 Å². The number of thiophene rings is 1. The molecule has 0 saturated heterocycles. The van der Waals surface area contributed by atoms with Gasteiger partial charge in [0.15, 0.2) is 5.16 Å². The summed E-state index contributed by atoms with van der Waals surface area (Å²) in [4.78, 5) is 32.3. The minimum Gasteiger partial charge on any atom is -0.299 e. The van der Waals surface area contributed by atoms with Crippen molar-refractivity contribution in [1.29, 1.82) is 0 Å². The average molecular weight is 413 g/mol. The lowest BCUT2D eigenvalue weighted by Gasteiger charge is -2.18. The topological polar surface area (TPSA) is 52.0 Å². The van der Waals surface area contributed by atoms with Crippen molar-refractivity contribution in [3.05, 3.63) is 50.1 Å². The smallest absolute Gasteiger partial charge is 0.267 e. The van der Waals surface area contributed by atoms with Crippen molar-refractivity contribution >= 4 is 39.1 Å². The molecule has 146 valence electrons. The fourth-order valence-corrected chi connectivity index (χ4v) is 6.04. The van der Waals surface area contributed by atoms with Crippen LogP contribution in [0.2, 0.25) is 0 Å². The summed E-state index contributed by atoms with van der Waals surface area (Å²) in [6.07, 6.45) is 3.08. The number of hydrogen-bond acceptors (Lipinski definition) is 5. The Balaban J connectivity index is 2.01. The second kappa shape index (κ2) is 7.48. The lowest BCUT2D eigenvalue weighted by Crippen LogP contribution is -2.23. The van der Waals surface area contributed by atoms with Gasteiger partial charge in [0.25, 0.3) is 5.56 Å². The molecule has 4 nitrogen and oxygen atoms in total. The lowest BCUT2D eigenvalue weighted by atomic mass is 9.89. The monoisotopic (exact) mass is 412 g/mol. The van der Waals surface area contributed by atoms with E-state index in [2.05, 4.69) is 6.92 Å². The van der Waals surface area contributed by atoms with Crippen molar-refractivity contribution in [1.82, 2.24) is 9.55 Å². The Kier molecular flexibility index (Phi) is 5.19. The molecule has 4 rings (SSSR count). The van der Waals surface area contributed by atoms with Gasteiger partial charge in [-0.25, -0.2) is 4.98 Å². The van der Waals surface area contributed by atoms with Gasteiger partial charge < -0.3 is 0 Å². The molecule has 0 radical (unpaired) electrons. The molecule has 2 aromatic heterocycles. The third-order valence-corrected chi connectivity index (χ3v) is 7.54. The average Bonchev–Trinajstić information content (AvgIpc) is 2.99. The lowest BCUT2D eigenvalue weighted by molar-refractivity contribution is -0.114. The van der Waals surface area contributed by atoms with Crippen molar-refractivity contribution in [2.45, 2.75) is 52.1 Å². The molecule has 1 atom stereocenters.